The van der Waals surface area contributed by atoms with E-state index in [0.717, 1.165) is 16.9 Å². The Kier molecular flexibility index (Phi) is 3.71. The highest BCUT2D eigenvalue weighted by Gasteiger charge is 2.33. The van der Waals surface area contributed by atoms with E-state index in [-0.39, 0.29) is 12.1 Å². The van der Waals surface area contributed by atoms with E-state index in [0.29, 0.717) is 10.6 Å². The molecule has 1 atom stereocenters. The molecule has 24 heavy (non-hydrogen) atoms. The molecule has 3 aromatic carbocycles. The molecule has 1 aliphatic rings. The van der Waals surface area contributed by atoms with Crippen molar-refractivity contribution in [2.45, 2.75) is 6.17 Å². The summed E-state index contributed by atoms with van der Waals surface area (Å²) in [6.45, 7) is 0. The maximum atomic E-state index is 13.1. The Morgan fingerprint density at radius 3 is 2.25 bits per heavy atom. The van der Waals surface area contributed by atoms with Gasteiger partial charge in [0.1, 0.15) is 6.17 Å². The van der Waals surface area contributed by atoms with Crippen molar-refractivity contribution in [3.8, 4) is 0 Å². The molecule has 3 aromatic rings. The van der Waals surface area contributed by atoms with Crippen LogP contribution in [0.5, 0.6) is 0 Å². The van der Waals surface area contributed by atoms with Gasteiger partial charge in [-0.2, -0.15) is 0 Å². The van der Waals surface area contributed by atoms with Gasteiger partial charge in [0, 0.05) is 16.4 Å². The molecule has 4 rings (SSSR count). The molecule has 0 unspecified atom stereocenters. The van der Waals surface area contributed by atoms with Crippen LogP contribution in [0.15, 0.2) is 78.9 Å². The number of nitrogens with one attached hydrogen (secondary N) is 1. The monoisotopic (exact) mass is 334 g/mol. The van der Waals surface area contributed by atoms with Gasteiger partial charge in [-0.05, 0) is 42.0 Å². The van der Waals surface area contributed by atoms with Gasteiger partial charge in [-0.1, -0.05) is 54.1 Å². The molecule has 4 heteroatoms. The number of carbonyl (C=O) groups excluding carboxylic acids is 1. The number of halogens is 1. The summed E-state index contributed by atoms with van der Waals surface area (Å²) in [6.07, 6.45) is -0.285. The SMILES string of the molecule is O=C1c2ccccc2N[C@@H](c2ccc(Cl)cc2)N1c1ccccc1. The van der Waals surface area contributed by atoms with Gasteiger partial charge in [0.2, 0.25) is 0 Å². The quantitative estimate of drug-likeness (QED) is 0.706. The molecule has 0 saturated carbocycles. The van der Waals surface area contributed by atoms with Crippen LogP contribution in [-0.2, 0) is 0 Å². The topological polar surface area (TPSA) is 32.3 Å². The Hall–Kier alpha value is -2.78. The molecule has 1 amide bonds. The third-order valence-corrected chi connectivity index (χ3v) is 4.40. The second-order valence-electron chi connectivity index (χ2n) is 5.65. The summed E-state index contributed by atoms with van der Waals surface area (Å²) in [5.74, 6) is -0.0181. The first-order valence-electron chi connectivity index (χ1n) is 7.74. The Labute approximate surface area is 145 Å². The van der Waals surface area contributed by atoms with Gasteiger partial charge in [-0.25, -0.2) is 0 Å². The van der Waals surface area contributed by atoms with Crippen LogP contribution in [0.1, 0.15) is 22.1 Å². The van der Waals surface area contributed by atoms with Crippen LogP contribution in [0.25, 0.3) is 0 Å². The first kappa shape index (κ1) is 14.8. The van der Waals surface area contributed by atoms with Gasteiger partial charge in [0.15, 0.2) is 0 Å². The molecule has 3 nitrogen and oxygen atoms in total. The molecule has 0 spiro atoms. The van der Waals surface area contributed by atoms with Crippen molar-refractivity contribution in [2.24, 2.45) is 0 Å². The summed E-state index contributed by atoms with van der Waals surface area (Å²) < 4.78 is 0. The third-order valence-electron chi connectivity index (χ3n) is 4.15. The molecule has 0 bridgehead atoms. The third kappa shape index (κ3) is 2.53. The second-order valence-corrected chi connectivity index (χ2v) is 6.09. The summed E-state index contributed by atoms with van der Waals surface area (Å²) in [5, 5.41) is 4.15. The lowest BCUT2D eigenvalue weighted by Gasteiger charge is -2.38. The molecule has 0 saturated heterocycles. The van der Waals surface area contributed by atoms with Crippen molar-refractivity contribution in [1.29, 1.82) is 0 Å². The lowest BCUT2D eigenvalue weighted by molar-refractivity contribution is 0.0975. The largest absolute Gasteiger partial charge is 0.360 e. The maximum Gasteiger partial charge on any atom is 0.262 e. The van der Waals surface area contributed by atoms with Crippen molar-refractivity contribution in [1.82, 2.24) is 0 Å². The average Bonchev–Trinajstić information content (AvgIpc) is 2.63. The van der Waals surface area contributed by atoms with Crippen LogP contribution in [0.4, 0.5) is 11.4 Å². The molecule has 1 N–H and O–H groups in total. The van der Waals surface area contributed by atoms with E-state index in [1.54, 1.807) is 4.90 Å². The fourth-order valence-corrected chi connectivity index (χ4v) is 3.11. The number of hydrogen-bond donors (Lipinski definition) is 1. The number of hydrogen-bond acceptors (Lipinski definition) is 2. The van der Waals surface area contributed by atoms with E-state index < -0.39 is 0 Å². The van der Waals surface area contributed by atoms with E-state index >= 15 is 0 Å². The zero-order valence-corrected chi connectivity index (χ0v) is 13.6. The number of rotatable bonds is 2. The number of carbonyl (C=O) groups is 1. The van der Waals surface area contributed by atoms with Crippen molar-refractivity contribution < 1.29 is 4.79 Å². The zero-order chi connectivity index (χ0) is 16.5. The first-order valence-corrected chi connectivity index (χ1v) is 8.11. The highest BCUT2D eigenvalue weighted by atomic mass is 35.5. The van der Waals surface area contributed by atoms with E-state index in [1.165, 1.54) is 0 Å². The molecule has 1 aliphatic heterocycles. The summed E-state index contributed by atoms with van der Waals surface area (Å²) >= 11 is 6.01. The first-order chi connectivity index (χ1) is 11.7. The van der Waals surface area contributed by atoms with Gasteiger partial charge < -0.3 is 5.32 Å². The lowest BCUT2D eigenvalue weighted by atomic mass is 10.0. The number of fused-ring (bicyclic) bond motifs is 1. The van der Waals surface area contributed by atoms with E-state index in [4.69, 9.17) is 11.6 Å². The Bertz CT molecular complexity index is 878. The van der Waals surface area contributed by atoms with E-state index in [2.05, 4.69) is 5.32 Å². The number of amides is 1. The number of anilines is 2. The standard InChI is InChI=1S/C20H15ClN2O/c21-15-12-10-14(11-13-15)19-22-18-9-5-4-8-17(18)20(24)23(19)16-6-2-1-3-7-16/h1-13,19,22H/t19-/m1/s1. The lowest BCUT2D eigenvalue weighted by Crippen LogP contribution is -2.43. The van der Waals surface area contributed by atoms with Crippen LogP contribution in [0, 0.1) is 0 Å². The number of nitrogens with zero attached hydrogens (tertiary/aromatic N) is 1. The van der Waals surface area contributed by atoms with Gasteiger partial charge in [-0.3, -0.25) is 9.69 Å². The van der Waals surface area contributed by atoms with Crippen molar-refractivity contribution in [3.63, 3.8) is 0 Å². The number of benzene rings is 3. The van der Waals surface area contributed by atoms with E-state index in [1.807, 2.05) is 78.9 Å². The Balaban J connectivity index is 1.86. The predicted octanol–water partition coefficient (Wildman–Crippen LogP) is 5.11. The van der Waals surface area contributed by atoms with Gasteiger partial charge in [0.25, 0.3) is 5.91 Å². The minimum absolute atomic E-state index is 0.0181. The molecular formula is C20H15ClN2O. The van der Waals surface area contributed by atoms with Crippen LogP contribution in [-0.4, -0.2) is 5.91 Å². The van der Waals surface area contributed by atoms with Crippen molar-refractivity contribution in [2.75, 3.05) is 10.2 Å². The fourth-order valence-electron chi connectivity index (χ4n) is 2.99. The Morgan fingerprint density at radius 1 is 0.833 bits per heavy atom. The molecule has 0 radical (unpaired) electrons. The normalized spacial score (nSPS) is 16.5. The molecule has 0 aliphatic carbocycles. The molecule has 0 aromatic heterocycles. The molecule has 118 valence electrons. The Morgan fingerprint density at radius 2 is 1.50 bits per heavy atom. The average molecular weight is 335 g/mol. The summed E-state index contributed by atoms with van der Waals surface area (Å²) in [4.78, 5) is 14.9. The van der Waals surface area contributed by atoms with Crippen LogP contribution >= 0.6 is 11.6 Å². The maximum absolute atomic E-state index is 13.1. The van der Waals surface area contributed by atoms with Crippen molar-refractivity contribution >= 4 is 28.9 Å². The summed E-state index contributed by atoms with van der Waals surface area (Å²) in [6, 6.07) is 24.8. The number of para-hydroxylation sites is 2. The minimum atomic E-state index is -0.285. The fraction of sp³-hybridized carbons (Fsp3) is 0.0500. The highest BCUT2D eigenvalue weighted by molar-refractivity contribution is 6.30. The predicted molar refractivity (Wildman–Crippen MR) is 97.5 cm³/mol. The summed E-state index contributed by atoms with van der Waals surface area (Å²) in [5.41, 5.74) is 3.34. The van der Waals surface area contributed by atoms with Gasteiger partial charge >= 0.3 is 0 Å². The van der Waals surface area contributed by atoms with Gasteiger partial charge in [-0.15, -0.1) is 0 Å². The van der Waals surface area contributed by atoms with Gasteiger partial charge in [0.05, 0.1) is 5.56 Å². The van der Waals surface area contributed by atoms with Crippen LogP contribution in [0.2, 0.25) is 5.02 Å². The molecular weight excluding hydrogens is 320 g/mol. The second kappa shape index (κ2) is 6.02. The van der Waals surface area contributed by atoms with Crippen molar-refractivity contribution in [3.05, 3.63) is 95.0 Å². The van der Waals surface area contributed by atoms with Crippen LogP contribution in [0.3, 0.4) is 0 Å². The smallest absolute Gasteiger partial charge is 0.262 e. The van der Waals surface area contributed by atoms with E-state index in [9.17, 15) is 4.79 Å². The zero-order valence-electron chi connectivity index (χ0n) is 12.8. The molecule has 1 heterocycles. The summed E-state index contributed by atoms with van der Waals surface area (Å²) in [7, 11) is 0. The minimum Gasteiger partial charge on any atom is -0.360 e. The highest BCUT2D eigenvalue weighted by Crippen LogP contribution is 2.36. The van der Waals surface area contributed by atoms with Crippen LogP contribution < -0.4 is 10.2 Å². The molecule has 0 fully saturated rings.